The summed E-state index contributed by atoms with van der Waals surface area (Å²) in [5.41, 5.74) is 0. The summed E-state index contributed by atoms with van der Waals surface area (Å²) in [6.07, 6.45) is 36.9. The highest BCUT2D eigenvalue weighted by Crippen LogP contribution is 2.27. The van der Waals surface area contributed by atoms with Gasteiger partial charge in [0.05, 0.1) is 12.0 Å². The first kappa shape index (κ1) is 31.2. The van der Waals surface area contributed by atoms with Crippen LogP contribution in [0, 0.1) is 0 Å². The van der Waals surface area contributed by atoms with Gasteiger partial charge < -0.3 is 0 Å². The van der Waals surface area contributed by atoms with Crippen molar-refractivity contribution in [3.63, 3.8) is 0 Å². The van der Waals surface area contributed by atoms with Crippen LogP contribution < -0.4 is 4.57 Å². The topological polar surface area (TPSA) is 19.7 Å². The monoisotopic (exact) mass is 475 g/mol. The maximum atomic E-state index is 3.67. The summed E-state index contributed by atoms with van der Waals surface area (Å²) in [5, 5.41) is 0. The fraction of sp³-hybridized carbons (Fsp3) is 0.906. The molecule has 0 fully saturated rings. The van der Waals surface area contributed by atoms with Crippen molar-refractivity contribution >= 4 is 0 Å². The SMILES string of the molecule is CCCCCCCCCCCCC(CCCCCCCCCCC)c1[nH]cc[n+]1C(C)CCC. The highest BCUT2D eigenvalue weighted by Gasteiger charge is 2.25. The van der Waals surface area contributed by atoms with E-state index >= 15 is 0 Å². The summed E-state index contributed by atoms with van der Waals surface area (Å²) in [6, 6.07) is 0.615. The van der Waals surface area contributed by atoms with Crippen LogP contribution in [-0.2, 0) is 0 Å². The van der Waals surface area contributed by atoms with E-state index in [1.165, 1.54) is 154 Å². The van der Waals surface area contributed by atoms with Crippen LogP contribution in [0.3, 0.4) is 0 Å². The van der Waals surface area contributed by atoms with E-state index in [4.69, 9.17) is 0 Å². The Morgan fingerprint density at radius 2 is 0.971 bits per heavy atom. The highest BCUT2D eigenvalue weighted by molar-refractivity contribution is 4.90. The molecule has 0 aliphatic carbocycles. The number of rotatable bonds is 25. The van der Waals surface area contributed by atoms with E-state index in [-0.39, 0.29) is 0 Å². The lowest BCUT2D eigenvalue weighted by Gasteiger charge is -2.17. The first-order valence-electron chi connectivity index (χ1n) is 15.8. The van der Waals surface area contributed by atoms with Crippen LogP contribution in [0.15, 0.2) is 12.4 Å². The fourth-order valence-electron chi connectivity index (χ4n) is 5.63. The largest absolute Gasteiger partial charge is 0.257 e. The van der Waals surface area contributed by atoms with Crippen molar-refractivity contribution in [2.24, 2.45) is 0 Å². The lowest BCUT2D eigenvalue weighted by atomic mass is 9.92. The predicted molar refractivity (Wildman–Crippen MR) is 152 cm³/mol. The number of hydrogen-bond acceptors (Lipinski definition) is 0. The van der Waals surface area contributed by atoms with E-state index in [0.29, 0.717) is 12.0 Å². The second-order valence-electron chi connectivity index (χ2n) is 11.2. The average Bonchev–Trinajstić information content (AvgIpc) is 3.33. The molecule has 0 saturated carbocycles. The summed E-state index contributed by atoms with van der Waals surface area (Å²) in [6.45, 7) is 9.33. The molecule has 0 saturated heterocycles. The Balaban J connectivity index is 2.37. The summed E-state index contributed by atoms with van der Waals surface area (Å²) < 4.78 is 2.57. The molecule has 0 amide bonds. The number of hydrogen-bond donors (Lipinski definition) is 1. The molecule has 0 radical (unpaired) electrons. The van der Waals surface area contributed by atoms with Crippen LogP contribution in [-0.4, -0.2) is 4.98 Å². The summed E-state index contributed by atoms with van der Waals surface area (Å²) in [7, 11) is 0. The Labute approximate surface area is 215 Å². The Hall–Kier alpha value is -0.790. The van der Waals surface area contributed by atoms with Crippen molar-refractivity contribution in [1.29, 1.82) is 0 Å². The van der Waals surface area contributed by atoms with Gasteiger partial charge in [-0.25, -0.2) is 9.55 Å². The molecular formula is C32H63N2+. The quantitative estimate of drug-likeness (QED) is 0.107. The van der Waals surface area contributed by atoms with Crippen LogP contribution in [0.4, 0.5) is 0 Å². The average molecular weight is 476 g/mol. The zero-order valence-corrected chi connectivity index (χ0v) is 24.0. The van der Waals surface area contributed by atoms with Gasteiger partial charge >= 0.3 is 0 Å². The van der Waals surface area contributed by atoms with Gasteiger partial charge in [-0.2, -0.15) is 0 Å². The predicted octanol–water partition coefficient (Wildman–Crippen LogP) is 11.0. The number of aromatic amines is 1. The number of imidazole rings is 1. The summed E-state index contributed by atoms with van der Waals surface area (Å²) >= 11 is 0. The third-order valence-electron chi connectivity index (χ3n) is 7.87. The second kappa shape index (κ2) is 22.7. The third kappa shape index (κ3) is 15.3. The molecule has 0 aliphatic heterocycles. The van der Waals surface area contributed by atoms with Crippen molar-refractivity contribution in [2.75, 3.05) is 0 Å². The molecule has 1 rings (SSSR count). The van der Waals surface area contributed by atoms with E-state index in [9.17, 15) is 0 Å². The fourth-order valence-corrected chi connectivity index (χ4v) is 5.63. The third-order valence-corrected chi connectivity index (χ3v) is 7.87. The number of nitrogens with one attached hydrogen (secondary N) is 1. The maximum absolute atomic E-state index is 3.67. The molecular weight excluding hydrogens is 412 g/mol. The molecule has 1 aromatic heterocycles. The van der Waals surface area contributed by atoms with Gasteiger partial charge in [-0.1, -0.05) is 149 Å². The van der Waals surface area contributed by atoms with Crippen LogP contribution in [0.1, 0.15) is 193 Å². The van der Waals surface area contributed by atoms with Crippen LogP contribution in [0.5, 0.6) is 0 Å². The van der Waals surface area contributed by atoms with Gasteiger partial charge in [0.2, 0.25) is 0 Å². The van der Waals surface area contributed by atoms with Gasteiger partial charge in [-0.15, -0.1) is 0 Å². The van der Waals surface area contributed by atoms with Crippen LogP contribution in [0.2, 0.25) is 0 Å². The second-order valence-corrected chi connectivity index (χ2v) is 11.2. The molecule has 2 heteroatoms. The van der Waals surface area contributed by atoms with Crippen LogP contribution in [0.25, 0.3) is 0 Å². The van der Waals surface area contributed by atoms with E-state index < -0.39 is 0 Å². The smallest absolute Gasteiger partial charge is 0.247 e. The molecule has 1 N–H and O–H groups in total. The zero-order valence-electron chi connectivity index (χ0n) is 24.0. The molecule has 1 heterocycles. The Kier molecular flexibility index (Phi) is 20.8. The Morgan fingerprint density at radius 3 is 1.38 bits per heavy atom. The molecule has 34 heavy (non-hydrogen) atoms. The van der Waals surface area contributed by atoms with E-state index in [2.05, 4.69) is 49.6 Å². The number of H-pyrrole nitrogens is 1. The maximum Gasteiger partial charge on any atom is 0.257 e. The van der Waals surface area contributed by atoms with Crippen LogP contribution >= 0.6 is 0 Å². The van der Waals surface area contributed by atoms with Gasteiger partial charge in [0.1, 0.15) is 12.4 Å². The van der Waals surface area contributed by atoms with E-state index in [1.807, 2.05) is 0 Å². The van der Waals surface area contributed by atoms with Crippen molar-refractivity contribution in [2.45, 2.75) is 187 Å². The molecule has 0 spiro atoms. The van der Waals surface area contributed by atoms with Gasteiger partial charge in [-0.05, 0) is 26.2 Å². The highest BCUT2D eigenvalue weighted by atomic mass is 15.1. The van der Waals surface area contributed by atoms with Gasteiger partial charge in [0.15, 0.2) is 0 Å². The van der Waals surface area contributed by atoms with Crippen molar-refractivity contribution < 1.29 is 4.57 Å². The van der Waals surface area contributed by atoms with E-state index in [0.717, 1.165) is 0 Å². The number of unbranched alkanes of at least 4 members (excludes halogenated alkanes) is 17. The van der Waals surface area contributed by atoms with Gasteiger partial charge in [-0.3, -0.25) is 0 Å². The Morgan fingerprint density at radius 1 is 0.559 bits per heavy atom. The standard InChI is InChI=1S/C32H62N2/c1-5-8-10-12-14-16-18-20-22-24-27-31(26-23-21-19-17-15-13-11-9-6-2)32-33-28-29-34(32)30(4)25-7-3/h28-31H,5-27H2,1-4H3/p+1. The number of aromatic nitrogens is 2. The van der Waals surface area contributed by atoms with Gasteiger partial charge in [0.25, 0.3) is 5.82 Å². The minimum atomic E-state index is 0.615. The minimum Gasteiger partial charge on any atom is -0.247 e. The molecule has 2 atom stereocenters. The lowest BCUT2D eigenvalue weighted by Crippen LogP contribution is -2.41. The number of nitrogens with zero attached hydrogens (tertiary/aromatic N) is 1. The van der Waals surface area contributed by atoms with Crippen molar-refractivity contribution in [3.8, 4) is 0 Å². The van der Waals surface area contributed by atoms with Crippen molar-refractivity contribution in [1.82, 2.24) is 4.98 Å². The molecule has 2 unspecified atom stereocenters. The summed E-state index contributed by atoms with van der Waals surface area (Å²) in [4.78, 5) is 3.67. The lowest BCUT2D eigenvalue weighted by molar-refractivity contribution is -0.727. The molecule has 0 bridgehead atoms. The molecule has 200 valence electrons. The first-order chi connectivity index (χ1) is 16.7. The molecule has 0 aromatic carbocycles. The normalized spacial score (nSPS) is 13.4. The van der Waals surface area contributed by atoms with Gasteiger partial charge in [0, 0.05) is 0 Å². The Bertz CT molecular complexity index is 535. The zero-order chi connectivity index (χ0) is 24.7. The molecule has 0 aliphatic rings. The minimum absolute atomic E-state index is 0.615. The first-order valence-corrected chi connectivity index (χ1v) is 15.8. The molecule has 2 nitrogen and oxygen atoms in total. The van der Waals surface area contributed by atoms with Crippen molar-refractivity contribution in [3.05, 3.63) is 18.2 Å². The summed E-state index contributed by atoms with van der Waals surface area (Å²) in [5.74, 6) is 2.23. The molecule has 1 aromatic rings. The van der Waals surface area contributed by atoms with E-state index in [1.54, 1.807) is 0 Å².